The Morgan fingerprint density at radius 3 is 1.74 bits per heavy atom. The van der Waals surface area contributed by atoms with Crippen LogP contribution in [0.15, 0.2) is 36.6 Å². The average Bonchev–Trinajstić information content (AvgIpc) is 2.43. The number of aliphatic hydroxyl groups is 1. The minimum absolute atomic E-state index is 1.05. The van der Waals surface area contributed by atoms with E-state index in [1.807, 2.05) is 18.2 Å². The molecule has 0 radical (unpaired) electrons. The van der Waals surface area contributed by atoms with Gasteiger partial charge in [-0.25, -0.2) is 0 Å². The second kappa shape index (κ2) is 17.0. The number of rotatable bonds is 13. The van der Waals surface area contributed by atoms with Gasteiger partial charge in [-0.05, 0) is 18.9 Å². The van der Waals surface area contributed by atoms with Gasteiger partial charge in [0.05, 0.1) is 6.26 Å². The van der Waals surface area contributed by atoms with Crippen molar-refractivity contribution in [3.63, 3.8) is 0 Å². The fourth-order valence-electron chi connectivity index (χ4n) is 2.10. The maximum atomic E-state index is 8.41. The van der Waals surface area contributed by atoms with E-state index in [2.05, 4.69) is 13.0 Å². The fourth-order valence-corrected chi connectivity index (χ4v) is 2.10. The Labute approximate surface area is 120 Å². The van der Waals surface area contributed by atoms with Crippen LogP contribution in [0.2, 0.25) is 0 Å². The van der Waals surface area contributed by atoms with E-state index in [0.717, 1.165) is 6.26 Å². The van der Waals surface area contributed by atoms with Crippen LogP contribution in [0.3, 0.4) is 0 Å². The maximum Gasteiger partial charge on any atom is 0.0791 e. The van der Waals surface area contributed by atoms with Gasteiger partial charge < -0.3 is 5.11 Å². The number of hydrogen-bond donors (Lipinski definition) is 1. The lowest BCUT2D eigenvalue weighted by molar-refractivity contribution is 0.474. The highest BCUT2D eigenvalue weighted by molar-refractivity contribution is 5.09. The van der Waals surface area contributed by atoms with Crippen LogP contribution in [0.5, 0.6) is 0 Å². The summed E-state index contributed by atoms with van der Waals surface area (Å²) in [7, 11) is 0. The van der Waals surface area contributed by atoms with Crippen LogP contribution in [-0.2, 0) is 0 Å². The van der Waals surface area contributed by atoms with Crippen LogP contribution in [0.25, 0.3) is 0 Å². The number of aliphatic hydroxyl groups excluding tert-OH is 1. The smallest absolute Gasteiger partial charge is 0.0791 e. The summed E-state index contributed by atoms with van der Waals surface area (Å²) in [5.41, 5.74) is 0. The molecule has 0 fully saturated rings. The van der Waals surface area contributed by atoms with Crippen molar-refractivity contribution in [2.24, 2.45) is 0 Å². The predicted octanol–water partition coefficient (Wildman–Crippen LogP) is 6.48. The lowest BCUT2D eigenvalue weighted by Gasteiger charge is -2.01. The van der Waals surface area contributed by atoms with Gasteiger partial charge in [0.15, 0.2) is 0 Å². The number of unbranched alkanes of at least 4 members (excludes halogenated alkanes) is 10. The molecule has 0 rings (SSSR count). The van der Waals surface area contributed by atoms with Gasteiger partial charge >= 0.3 is 0 Å². The molecule has 0 saturated carbocycles. The Kier molecular flexibility index (Phi) is 16.1. The van der Waals surface area contributed by atoms with Gasteiger partial charge in [0.1, 0.15) is 0 Å². The predicted molar refractivity (Wildman–Crippen MR) is 86.5 cm³/mol. The van der Waals surface area contributed by atoms with E-state index in [1.54, 1.807) is 6.08 Å². The second-order valence-corrected chi connectivity index (χ2v) is 5.13. The summed E-state index contributed by atoms with van der Waals surface area (Å²) in [6, 6.07) is 0. The first-order valence-electron chi connectivity index (χ1n) is 8.04. The van der Waals surface area contributed by atoms with Gasteiger partial charge in [-0.15, -0.1) is 0 Å². The standard InChI is InChI=1S/C18H32O/c1-2-3-4-5-6-7-8-9-10-11-12-13-14-15-16-17-18-19/h13-19H,2-12H2,1H3/b14-13+,16-15+,18-17+. The summed E-state index contributed by atoms with van der Waals surface area (Å²) in [6.45, 7) is 2.27. The van der Waals surface area contributed by atoms with E-state index in [9.17, 15) is 0 Å². The van der Waals surface area contributed by atoms with Gasteiger partial charge in [-0.1, -0.05) is 89.0 Å². The summed E-state index contributed by atoms with van der Waals surface area (Å²) < 4.78 is 0. The fraction of sp³-hybridized carbons (Fsp3) is 0.667. The molecule has 0 aromatic carbocycles. The molecule has 0 aromatic rings. The highest BCUT2D eigenvalue weighted by Crippen LogP contribution is 2.11. The van der Waals surface area contributed by atoms with Gasteiger partial charge in [0.25, 0.3) is 0 Å². The van der Waals surface area contributed by atoms with Crippen molar-refractivity contribution in [3.05, 3.63) is 36.6 Å². The summed E-state index contributed by atoms with van der Waals surface area (Å²) in [6.07, 6.45) is 25.8. The molecule has 0 aromatic heterocycles. The molecule has 19 heavy (non-hydrogen) atoms. The molecule has 0 saturated heterocycles. The third kappa shape index (κ3) is 17.0. The molecule has 0 heterocycles. The summed E-state index contributed by atoms with van der Waals surface area (Å²) in [5.74, 6) is 0. The molecule has 0 atom stereocenters. The van der Waals surface area contributed by atoms with Gasteiger partial charge in [-0.2, -0.15) is 0 Å². The molecule has 0 amide bonds. The molecule has 0 aliphatic rings. The molecule has 1 nitrogen and oxygen atoms in total. The van der Waals surface area contributed by atoms with E-state index in [-0.39, 0.29) is 0 Å². The van der Waals surface area contributed by atoms with Crippen LogP contribution in [-0.4, -0.2) is 5.11 Å². The minimum atomic E-state index is 1.05. The highest BCUT2D eigenvalue weighted by Gasteiger charge is 1.91. The van der Waals surface area contributed by atoms with E-state index >= 15 is 0 Å². The summed E-state index contributed by atoms with van der Waals surface area (Å²) in [5, 5.41) is 8.41. The molecule has 0 spiro atoms. The Hall–Kier alpha value is -0.980. The Bertz CT molecular complexity index is 238. The highest BCUT2D eigenvalue weighted by atomic mass is 16.2. The van der Waals surface area contributed by atoms with E-state index < -0.39 is 0 Å². The first kappa shape index (κ1) is 18.0. The molecular weight excluding hydrogens is 232 g/mol. The van der Waals surface area contributed by atoms with Crippen LogP contribution < -0.4 is 0 Å². The molecular formula is C18H32O. The quantitative estimate of drug-likeness (QED) is 0.229. The van der Waals surface area contributed by atoms with E-state index in [1.165, 1.54) is 70.6 Å². The van der Waals surface area contributed by atoms with Crippen LogP contribution in [0.4, 0.5) is 0 Å². The first-order chi connectivity index (χ1) is 9.41. The van der Waals surface area contributed by atoms with Crippen LogP contribution in [0, 0.1) is 0 Å². The molecule has 0 bridgehead atoms. The Morgan fingerprint density at radius 1 is 0.632 bits per heavy atom. The van der Waals surface area contributed by atoms with Crippen LogP contribution >= 0.6 is 0 Å². The van der Waals surface area contributed by atoms with Crippen molar-refractivity contribution in [1.82, 2.24) is 0 Å². The van der Waals surface area contributed by atoms with Crippen molar-refractivity contribution in [3.8, 4) is 0 Å². The first-order valence-corrected chi connectivity index (χ1v) is 8.04. The van der Waals surface area contributed by atoms with Crippen LogP contribution in [0.1, 0.15) is 77.6 Å². The lowest BCUT2D eigenvalue weighted by Crippen LogP contribution is -1.81. The molecule has 0 unspecified atom stereocenters. The summed E-state index contributed by atoms with van der Waals surface area (Å²) >= 11 is 0. The summed E-state index contributed by atoms with van der Waals surface area (Å²) in [4.78, 5) is 0. The zero-order valence-corrected chi connectivity index (χ0v) is 12.7. The van der Waals surface area contributed by atoms with Gasteiger partial charge in [0, 0.05) is 0 Å². The zero-order valence-electron chi connectivity index (χ0n) is 12.7. The lowest BCUT2D eigenvalue weighted by atomic mass is 10.1. The zero-order chi connectivity index (χ0) is 14.0. The van der Waals surface area contributed by atoms with Crippen molar-refractivity contribution in [1.29, 1.82) is 0 Å². The van der Waals surface area contributed by atoms with Crippen molar-refractivity contribution < 1.29 is 5.11 Å². The maximum absolute atomic E-state index is 8.41. The largest absolute Gasteiger partial charge is 0.516 e. The molecule has 0 aliphatic carbocycles. The third-order valence-corrected chi connectivity index (χ3v) is 3.28. The number of hydrogen-bond acceptors (Lipinski definition) is 1. The Morgan fingerprint density at radius 2 is 1.16 bits per heavy atom. The van der Waals surface area contributed by atoms with Crippen molar-refractivity contribution >= 4 is 0 Å². The monoisotopic (exact) mass is 264 g/mol. The van der Waals surface area contributed by atoms with Crippen molar-refractivity contribution in [2.75, 3.05) is 0 Å². The van der Waals surface area contributed by atoms with Crippen molar-refractivity contribution in [2.45, 2.75) is 77.6 Å². The number of allylic oxidation sites excluding steroid dienone is 5. The van der Waals surface area contributed by atoms with Gasteiger partial charge in [-0.3, -0.25) is 0 Å². The molecule has 0 aliphatic heterocycles. The minimum Gasteiger partial charge on any atom is -0.516 e. The topological polar surface area (TPSA) is 20.2 Å². The van der Waals surface area contributed by atoms with Gasteiger partial charge in [0.2, 0.25) is 0 Å². The molecule has 110 valence electrons. The SMILES string of the molecule is CCCCCCCCCCCC/C=C/C=C/C=C/O. The molecule has 1 heteroatoms. The van der Waals surface area contributed by atoms with E-state index in [0.29, 0.717) is 0 Å². The third-order valence-electron chi connectivity index (χ3n) is 3.28. The Balaban J connectivity index is 3.10. The normalized spacial score (nSPS) is 12.3. The van der Waals surface area contributed by atoms with E-state index in [4.69, 9.17) is 5.11 Å². The molecule has 1 N–H and O–H groups in total. The second-order valence-electron chi connectivity index (χ2n) is 5.13. The average molecular weight is 264 g/mol.